The maximum Gasteiger partial charge on any atom is 0.134 e. The van der Waals surface area contributed by atoms with Crippen LogP contribution in [-0.4, -0.2) is 4.98 Å². The summed E-state index contributed by atoms with van der Waals surface area (Å²) in [5.41, 5.74) is 1.66. The number of aromatic nitrogens is 1. The van der Waals surface area contributed by atoms with Crippen molar-refractivity contribution in [3.8, 4) is 10.6 Å². The molecule has 0 radical (unpaired) electrons. The summed E-state index contributed by atoms with van der Waals surface area (Å²) in [6.07, 6.45) is 2.36. The van der Waals surface area contributed by atoms with Crippen molar-refractivity contribution < 1.29 is 4.39 Å². The molecule has 0 saturated carbocycles. The van der Waals surface area contributed by atoms with Gasteiger partial charge in [-0.05, 0) is 41.3 Å². The molecule has 0 unspecified atom stereocenters. The third-order valence-corrected chi connectivity index (χ3v) is 5.71. The van der Waals surface area contributed by atoms with Gasteiger partial charge in [0.05, 0.1) is 10.6 Å². The topological polar surface area (TPSA) is 12.9 Å². The van der Waals surface area contributed by atoms with E-state index in [-0.39, 0.29) is 5.82 Å². The quantitative estimate of drug-likeness (QED) is 0.386. The molecule has 4 heteroatoms. The van der Waals surface area contributed by atoms with Crippen LogP contribution in [0.25, 0.3) is 21.3 Å². The van der Waals surface area contributed by atoms with E-state index < -0.39 is 0 Å². The van der Waals surface area contributed by atoms with Crippen LogP contribution >= 0.6 is 27.3 Å². The standard InChI is InChI=1S/C20H13BrFNS/c21-17-12-13(20(22)16-6-2-1-5-15(16)17)11-14-8-9-19(24-14)18-7-3-4-10-23-18/h1-10,12H,11H2. The molecule has 2 aromatic heterocycles. The summed E-state index contributed by atoms with van der Waals surface area (Å²) < 4.78 is 15.8. The largest absolute Gasteiger partial charge is 0.255 e. The first kappa shape index (κ1) is 15.5. The Labute approximate surface area is 151 Å². The highest BCUT2D eigenvalue weighted by Gasteiger charge is 2.12. The van der Waals surface area contributed by atoms with Crippen LogP contribution in [0.1, 0.15) is 10.4 Å². The molecule has 0 atom stereocenters. The van der Waals surface area contributed by atoms with Gasteiger partial charge in [-0.2, -0.15) is 0 Å². The van der Waals surface area contributed by atoms with E-state index in [0.29, 0.717) is 17.4 Å². The molecule has 4 rings (SSSR count). The zero-order valence-electron chi connectivity index (χ0n) is 12.7. The lowest BCUT2D eigenvalue weighted by molar-refractivity contribution is 0.626. The molecule has 0 aliphatic heterocycles. The lowest BCUT2D eigenvalue weighted by atomic mass is 10.0. The second kappa shape index (κ2) is 6.46. The Morgan fingerprint density at radius 2 is 1.75 bits per heavy atom. The summed E-state index contributed by atoms with van der Waals surface area (Å²) in [4.78, 5) is 6.60. The van der Waals surface area contributed by atoms with Gasteiger partial charge in [-0.25, -0.2) is 4.39 Å². The van der Waals surface area contributed by atoms with E-state index in [1.807, 2.05) is 48.5 Å². The van der Waals surface area contributed by atoms with Crippen molar-refractivity contribution in [3.05, 3.63) is 87.6 Å². The van der Waals surface area contributed by atoms with Crippen molar-refractivity contribution in [2.75, 3.05) is 0 Å². The number of nitrogens with zero attached hydrogens (tertiary/aromatic N) is 1. The smallest absolute Gasteiger partial charge is 0.134 e. The van der Waals surface area contributed by atoms with Crippen molar-refractivity contribution in [2.45, 2.75) is 6.42 Å². The molecule has 118 valence electrons. The molecule has 1 nitrogen and oxygen atoms in total. The molecule has 0 aliphatic carbocycles. The first-order chi connectivity index (χ1) is 11.7. The number of hydrogen-bond acceptors (Lipinski definition) is 2. The molecule has 4 aromatic rings. The molecule has 24 heavy (non-hydrogen) atoms. The third-order valence-electron chi connectivity index (χ3n) is 3.95. The molecule has 0 spiro atoms. The van der Waals surface area contributed by atoms with E-state index in [1.54, 1.807) is 17.5 Å². The zero-order chi connectivity index (χ0) is 16.5. The monoisotopic (exact) mass is 397 g/mol. The minimum Gasteiger partial charge on any atom is -0.255 e. The third kappa shape index (κ3) is 2.87. The van der Waals surface area contributed by atoms with Crippen LogP contribution in [0.5, 0.6) is 0 Å². The summed E-state index contributed by atoms with van der Waals surface area (Å²) in [5, 5.41) is 1.56. The minimum atomic E-state index is -0.137. The first-order valence-electron chi connectivity index (χ1n) is 7.58. The molecule has 2 aromatic carbocycles. The highest BCUT2D eigenvalue weighted by Crippen LogP contribution is 2.32. The van der Waals surface area contributed by atoms with E-state index in [4.69, 9.17) is 0 Å². The van der Waals surface area contributed by atoms with E-state index in [0.717, 1.165) is 25.3 Å². The Morgan fingerprint density at radius 1 is 0.958 bits per heavy atom. The summed E-state index contributed by atoms with van der Waals surface area (Å²) in [5.74, 6) is -0.137. The second-order valence-electron chi connectivity index (χ2n) is 5.53. The van der Waals surface area contributed by atoms with Crippen LogP contribution in [0.15, 0.2) is 71.3 Å². The van der Waals surface area contributed by atoms with Crippen molar-refractivity contribution in [1.82, 2.24) is 4.98 Å². The van der Waals surface area contributed by atoms with Crippen molar-refractivity contribution in [2.24, 2.45) is 0 Å². The molecule has 0 bridgehead atoms. The molecule has 0 fully saturated rings. The van der Waals surface area contributed by atoms with Crippen LogP contribution in [-0.2, 0) is 6.42 Å². The maximum atomic E-state index is 14.8. The first-order valence-corrected chi connectivity index (χ1v) is 9.19. The van der Waals surface area contributed by atoms with E-state index in [1.165, 1.54) is 0 Å². The summed E-state index contributed by atoms with van der Waals surface area (Å²) in [6, 6.07) is 19.4. The molecule has 0 N–H and O–H groups in total. The number of thiophene rings is 1. The van der Waals surface area contributed by atoms with E-state index in [9.17, 15) is 4.39 Å². The summed E-state index contributed by atoms with van der Waals surface area (Å²) >= 11 is 5.22. The molecular weight excluding hydrogens is 385 g/mol. The number of halogens is 2. The van der Waals surface area contributed by atoms with Crippen molar-refractivity contribution >= 4 is 38.0 Å². The second-order valence-corrected chi connectivity index (χ2v) is 7.56. The summed E-state index contributed by atoms with van der Waals surface area (Å²) in [6.45, 7) is 0. The van der Waals surface area contributed by atoms with Gasteiger partial charge in [0.1, 0.15) is 5.82 Å². The van der Waals surface area contributed by atoms with Gasteiger partial charge < -0.3 is 0 Å². The molecule has 0 aliphatic rings. The van der Waals surface area contributed by atoms with Crippen LogP contribution in [0.3, 0.4) is 0 Å². The SMILES string of the molecule is Fc1c(Cc2ccc(-c3ccccn3)s2)cc(Br)c2ccccc12. The number of pyridine rings is 1. The molecule has 0 saturated heterocycles. The lowest BCUT2D eigenvalue weighted by Gasteiger charge is -2.08. The average Bonchev–Trinajstić information content (AvgIpc) is 3.09. The predicted octanol–water partition coefficient (Wildman–Crippen LogP) is 6.46. The zero-order valence-corrected chi connectivity index (χ0v) is 15.1. The van der Waals surface area contributed by atoms with Crippen LogP contribution < -0.4 is 0 Å². The maximum absolute atomic E-state index is 14.8. The van der Waals surface area contributed by atoms with Gasteiger partial charge in [-0.15, -0.1) is 11.3 Å². The van der Waals surface area contributed by atoms with E-state index in [2.05, 4.69) is 33.0 Å². The Hall–Kier alpha value is -2.04. The predicted molar refractivity (Wildman–Crippen MR) is 102 cm³/mol. The number of benzene rings is 2. The van der Waals surface area contributed by atoms with Gasteiger partial charge in [0.15, 0.2) is 0 Å². The fourth-order valence-corrected chi connectivity index (χ4v) is 4.41. The normalized spacial score (nSPS) is 11.1. The fourth-order valence-electron chi connectivity index (χ4n) is 2.79. The minimum absolute atomic E-state index is 0.137. The Morgan fingerprint density at radius 3 is 2.54 bits per heavy atom. The fraction of sp³-hybridized carbons (Fsp3) is 0.0500. The Balaban J connectivity index is 1.70. The van der Waals surface area contributed by atoms with Gasteiger partial charge >= 0.3 is 0 Å². The number of fused-ring (bicyclic) bond motifs is 1. The highest BCUT2D eigenvalue weighted by atomic mass is 79.9. The van der Waals surface area contributed by atoms with Gasteiger partial charge in [0.2, 0.25) is 0 Å². The van der Waals surface area contributed by atoms with E-state index >= 15 is 0 Å². The Bertz CT molecular complexity index is 1010. The van der Waals surface area contributed by atoms with Crippen molar-refractivity contribution in [1.29, 1.82) is 0 Å². The van der Waals surface area contributed by atoms with Crippen LogP contribution in [0, 0.1) is 5.82 Å². The number of hydrogen-bond donors (Lipinski definition) is 0. The summed E-state index contributed by atoms with van der Waals surface area (Å²) in [7, 11) is 0. The average molecular weight is 398 g/mol. The molecule has 0 amide bonds. The number of rotatable bonds is 3. The van der Waals surface area contributed by atoms with Crippen LogP contribution in [0.4, 0.5) is 4.39 Å². The van der Waals surface area contributed by atoms with Gasteiger partial charge in [0, 0.05) is 27.4 Å². The molecule has 2 heterocycles. The Kier molecular flexibility index (Phi) is 4.17. The van der Waals surface area contributed by atoms with Gasteiger partial charge in [-0.1, -0.05) is 46.3 Å². The lowest BCUT2D eigenvalue weighted by Crippen LogP contribution is -1.93. The molecular formula is C20H13BrFNS. The highest BCUT2D eigenvalue weighted by molar-refractivity contribution is 9.10. The van der Waals surface area contributed by atoms with Crippen molar-refractivity contribution in [3.63, 3.8) is 0 Å². The van der Waals surface area contributed by atoms with Crippen LogP contribution in [0.2, 0.25) is 0 Å². The van der Waals surface area contributed by atoms with Gasteiger partial charge in [0.25, 0.3) is 0 Å². The van der Waals surface area contributed by atoms with Gasteiger partial charge in [-0.3, -0.25) is 4.98 Å².